The van der Waals surface area contributed by atoms with Crippen molar-refractivity contribution in [3.8, 4) is 11.1 Å². The Morgan fingerprint density at radius 3 is 2.25 bits per heavy atom. The maximum atomic E-state index is 12.5. The molecule has 6 nitrogen and oxygen atoms in total. The van der Waals surface area contributed by atoms with Gasteiger partial charge in [-0.3, -0.25) is 0 Å². The highest BCUT2D eigenvalue weighted by Crippen LogP contribution is 2.45. The van der Waals surface area contributed by atoms with Gasteiger partial charge in [0, 0.05) is 5.92 Å². The van der Waals surface area contributed by atoms with Gasteiger partial charge in [-0.05, 0) is 35.1 Å². The van der Waals surface area contributed by atoms with E-state index in [9.17, 15) is 9.59 Å². The van der Waals surface area contributed by atoms with Crippen LogP contribution in [0, 0.1) is 0 Å². The van der Waals surface area contributed by atoms with E-state index in [2.05, 4.69) is 24.3 Å². The summed E-state index contributed by atoms with van der Waals surface area (Å²) in [4.78, 5) is 25.2. The predicted molar refractivity (Wildman–Crippen MR) is 101 cm³/mol. The largest absolute Gasteiger partial charge is 0.479 e. The number of hydrogen-bond donors (Lipinski definition) is 1. The first-order chi connectivity index (χ1) is 13.6. The third kappa shape index (κ3) is 2.67. The molecule has 2 aromatic carbocycles. The summed E-state index contributed by atoms with van der Waals surface area (Å²) in [5.74, 6) is -0.901. The minimum absolute atomic E-state index is 0.0331. The summed E-state index contributed by atoms with van der Waals surface area (Å²) < 4.78 is 11.3. The Morgan fingerprint density at radius 2 is 1.68 bits per heavy atom. The van der Waals surface area contributed by atoms with Crippen LogP contribution in [-0.4, -0.2) is 53.5 Å². The summed E-state index contributed by atoms with van der Waals surface area (Å²) in [5.41, 5.74) is 4.25. The molecular weight excluding hydrogens is 358 g/mol. The van der Waals surface area contributed by atoms with Crippen LogP contribution in [-0.2, 0) is 14.3 Å². The van der Waals surface area contributed by atoms with Gasteiger partial charge in [0.15, 0.2) is 6.10 Å². The lowest BCUT2D eigenvalue weighted by atomic mass is 9.91. The Labute approximate surface area is 162 Å². The van der Waals surface area contributed by atoms with Crippen molar-refractivity contribution in [2.75, 3.05) is 19.7 Å². The standard InChI is InChI=1S/C22H21NO5/c24-20(25)19-9-10-22(28-19)12-23(13-22)21(26)27-11-18-16-7-3-1-5-14(16)15-6-2-4-8-17(15)18/h1-8,18-19H,9-13H2,(H,24,25). The molecule has 1 atom stereocenters. The first-order valence-corrected chi connectivity index (χ1v) is 9.57. The summed E-state index contributed by atoms with van der Waals surface area (Å²) in [6, 6.07) is 16.4. The molecule has 0 aromatic heterocycles. The number of likely N-dealkylation sites (tertiary alicyclic amines) is 1. The van der Waals surface area contributed by atoms with E-state index < -0.39 is 17.7 Å². The first-order valence-electron chi connectivity index (χ1n) is 9.57. The topological polar surface area (TPSA) is 76.1 Å². The number of aliphatic carboxylic acids is 1. The van der Waals surface area contributed by atoms with Gasteiger partial charge in [-0.25, -0.2) is 9.59 Å². The molecule has 5 rings (SSSR count). The number of carbonyl (C=O) groups excluding carboxylic acids is 1. The second-order valence-corrected chi connectivity index (χ2v) is 7.83. The summed E-state index contributed by atoms with van der Waals surface area (Å²) in [6.07, 6.45) is 0.0323. The van der Waals surface area contributed by atoms with Crippen molar-refractivity contribution in [2.45, 2.75) is 30.5 Å². The van der Waals surface area contributed by atoms with Gasteiger partial charge in [0.05, 0.1) is 13.1 Å². The third-order valence-electron chi connectivity index (χ3n) is 6.08. The lowest BCUT2D eigenvalue weighted by Crippen LogP contribution is -2.63. The van der Waals surface area contributed by atoms with Gasteiger partial charge in [0.1, 0.15) is 12.2 Å². The minimum atomic E-state index is -0.934. The normalized spacial score (nSPS) is 21.9. The molecule has 1 spiro atoms. The Bertz CT molecular complexity index is 904. The SMILES string of the molecule is O=C(O)C1CCC2(CN(C(=O)OCC3c4ccccc4-c4ccccc43)C2)O1. The molecule has 6 heteroatoms. The molecule has 2 aliphatic heterocycles. The molecule has 0 radical (unpaired) electrons. The second-order valence-electron chi connectivity index (χ2n) is 7.83. The number of carboxylic acids is 1. The van der Waals surface area contributed by atoms with Crippen molar-refractivity contribution in [1.29, 1.82) is 0 Å². The molecule has 2 saturated heterocycles. The van der Waals surface area contributed by atoms with E-state index in [1.54, 1.807) is 4.90 Å². The highest BCUT2D eigenvalue weighted by molar-refractivity contribution is 5.79. The molecule has 1 amide bonds. The average molecular weight is 379 g/mol. The quantitative estimate of drug-likeness (QED) is 0.886. The van der Waals surface area contributed by atoms with Gasteiger partial charge in [0.2, 0.25) is 0 Å². The van der Waals surface area contributed by atoms with Crippen LogP contribution in [0.5, 0.6) is 0 Å². The van der Waals surface area contributed by atoms with Crippen LogP contribution in [0.1, 0.15) is 29.9 Å². The van der Waals surface area contributed by atoms with Crippen molar-refractivity contribution < 1.29 is 24.2 Å². The zero-order chi connectivity index (χ0) is 19.3. The smallest absolute Gasteiger partial charge is 0.409 e. The van der Waals surface area contributed by atoms with E-state index in [1.807, 2.05) is 24.3 Å². The number of rotatable bonds is 3. The number of hydrogen-bond acceptors (Lipinski definition) is 4. The lowest BCUT2D eigenvalue weighted by molar-refractivity contribution is -0.166. The number of nitrogens with zero attached hydrogens (tertiary/aromatic N) is 1. The van der Waals surface area contributed by atoms with Gasteiger partial charge in [-0.1, -0.05) is 48.5 Å². The molecule has 0 bridgehead atoms. The Balaban J connectivity index is 1.23. The van der Waals surface area contributed by atoms with Crippen LogP contribution in [0.3, 0.4) is 0 Å². The van der Waals surface area contributed by atoms with E-state index in [0.717, 1.165) is 0 Å². The van der Waals surface area contributed by atoms with E-state index in [4.69, 9.17) is 14.6 Å². The molecular formula is C22H21NO5. The molecule has 1 aliphatic carbocycles. The zero-order valence-electron chi connectivity index (χ0n) is 15.3. The van der Waals surface area contributed by atoms with E-state index in [-0.39, 0.29) is 18.6 Å². The van der Waals surface area contributed by atoms with Crippen molar-refractivity contribution in [2.24, 2.45) is 0 Å². The summed E-state index contributed by atoms with van der Waals surface area (Å²) in [7, 11) is 0. The van der Waals surface area contributed by atoms with E-state index >= 15 is 0 Å². The van der Waals surface area contributed by atoms with Crippen LogP contribution in [0.15, 0.2) is 48.5 Å². The van der Waals surface area contributed by atoms with Crippen LogP contribution in [0.25, 0.3) is 11.1 Å². The molecule has 0 saturated carbocycles. The van der Waals surface area contributed by atoms with Gasteiger partial charge in [-0.2, -0.15) is 0 Å². The maximum Gasteiger partial charge on any atom is 0.409 e. The second kappa shape index (κ2) is 6.34. The molecule has 1 unspecified atom stereocenters. The van der Waals surface area contributed by atoms with Crippen molar-refractivity contribution in [1.82, 2.24) is 4.90 Å². The Kier molecular flexibility index (Phi) is 3.91. The number of carboxylic acid groups (broad SMARTS) is 1. The van der Waals surface area contributed by atoms with Crippen LogP contribution in [0.2, 0.25) is 0 Å². The molecule has 2 heterocycles. The Morgan fingerprint density at radius 1 is 1.07 bits per heavy atom. The summed E-state index contributed by atoms with van der Waals surface area (Å²) in [6.45, 7) is 1.08. The highest BCUT2D eigenvalue weighted by atomic mass is 16.6. The van der Waals surface area contributed by atoms with Crippen LogP contribution < -0.4 is 0 Å². The van der Waals surface area contributed by atoms with E-state index in [1.165, 1.54) is 22.3 Å². The monoisotopic (exact) mass is 379 g/mol. The molecule has 28 heavy (non-hydrogen) atoms. The summed E-state index contributed by atoms with van der Waals surface area (Å²) in [5, 5.41) is 9.08. The van der Waals surface area contributed by atoms with Crippen molar-refractivity contribution in [3.63, 3.8) is 0 Å². The molecule has 2 fully saturated rings. The lowest BCUT2D eigenvalue weighted by Gasteiger charge is -2.46. The third-order valence-corrected chi connectivity index (χ3v) is 6.08. The number of amides is 1. The van der Waals surface area contributed by atoms with Crippen molar-refractivity contribution in [3.05, 3.63) is 59.7 Å². The molecule has 1 N–H and O–H groups in total. The molecule has 2 aromatic rings. The first kappa shape index (κ1) is 17.3. The minimum Gasteiger partial charge on any atom is -0.479 e. The van der Waals surface area contributed by atoms with Crippen LogP contribution in [0.4, 0.5) is 4.79 Å². The highest BCUT2D eigenvalue weighted by Gasteiger charge is 2.53. The van der Waals surface area contributed by atoms with Gasteiger partial charge in [-0.15, -0.1) is 0 Å². The number of benzene rings is 2. The fourth-order valence-corrected chi connectivity index (χ4v) is 4.68. The summed E-state index contributed by atoms with van der Waals surface area (Å²) >= 11 is 0. The van der Waals surface area contributed by atoms with Crippen LogP contribution >= 0.6 is 0 Å². The Hall–Kier alpha value is -2.86. The predicted octanol–water partition coefficient (Wildman–Crippen LogP) is 3.25. The van der Waals surface area contributed by atoms with Crippen molar-refractivity contribution >= 4 is 12.1 Å². The van der Waals surface area contributed by atoms with E-state index in [0.29, 0.717) is 25.9 Å². The van der Waals surface area contributed by atoms with Gasteiger partial charge in [0.25, 0.3) is 0 Å². The zero-order valence-corrected chi connectivity index (χ0v) is 15.3. The molecule has 144 valence electrons. The fraction of sp³-hybridized carbons (Fsp3) is 0.364. The maximum absolute atomic E-state index is 12.5. The average Bonchev–Trinajstić information content (AvgIpc) is 3.26. The molecule has 3 aliphatic rings. The van der Waals surface area contributed by atoms with Gasteiger partial charge >= 0.3 is 12.1 Å². The number of carbonyl (C=O) groups is 2. The number of ether oxygens (including phenoxy) is 2. The number of fused-ring (bicyclic) bond motifs is 3. The fourth-order valence-electron chi connectivity index (χ4n) is 4.68. The van der Waals surface area contributed by atoms with Gasteiger partial charge < -0.3 is 19.5 Å².